The van der Waals surface area contributed by atoms with Crippen molar-refractivity contribution in [3.63, 3.8) is 0 Å². The predicted molar refractivity (Wildman–Crippen MR) is 107 cm³/mol. The molecule has 0 aliphatic rings. The maximum absolute atomic E-state index is 12.6. The van der Waals surface area contributed by atoms with Crippen LogP contribution in [0.4, 0.5) is 5.69 Å². The zero-order valence-electron chi connectivity index (χ0n) is 13.5. The van der Waals surface area contributed by atoms with E-state index in [2.05, 4.69) is 10.3 Å². The molecule has 2 aromatic carbocycles. The SMILES string of the molecule is CCC(Sc1ccc2ccccc2n1)C(=O)Nc1cc(Cl)cc(Cl)c1. The number of hydrogen-bond acceptors (Lipinski definition) is 3. The van der Waals surface area contributed by atoms with Crippen LogP contribution < -0.4 is 5.32 Å². The maximum Gasteiger partial charge on any atom is 0.237 e. The Morgan fingerprint density at radius 3 is 2.56 bits per heavy atom. The zero-order valence-corrected chi connectivity index (χ0v) is 15.8. The van der Waals surface area contributed by atoms with Gasteiger partial charge in [-0.3, -0.25) is 4.79 Å². The number of amides is 1. The fraction of sp³-hybridized carbons (Fsp3) is 0.158. The van der Waals surface area contributed by atoms with Crippen molar-refractivity contribution in [3.8, 4) is 0 Å². The average Bonchev–Trinajstić information content (AvgIpc) is 2.58. The van der Waals surface area contributed by atoms with Gasteiger partial charge in [0.05, 0.1) is 15.8 Å². The zero-order chi connectivity index (χ0) is 17.8. The van der Waals surface area contributed by atoms with Gasteiger partial charge in [-0.2, -0.15) is 0 Å². The van der Waals surface area contributed by atoms with Crippen LogP contribution in [0.15, 0.2) is 59.6 Å². The molecule has 0 spiro atoms. The minimum atomic E-state index is -0.258. The molecule has 0 saturated carbocycles. The van der Waals surface area contributed by atoms with Crippen molar-refractivity contribution < 1.29 is 4.79 Å². The molecule has 1 aromatic heterocycles. The fourth-order valence-electron chi connectivity index (χ4n) is 2.43. The molecule has 0 fully saturated rings. The first kappa shape index (κ1) is 18.1. The third kappa shape index (κ3) is 4.66. The highest BCUT2D eigenvalue weighted by atomic mass is 35.5. The van der Waals surface area contributed by atoms with Gasteiger partial charge in [-0.1, -0.05) is 66.2 Å². The summed E-state index contributed by atoms with van der Waals surface area (Å²) in [5.74, 6) is -0.0965. The second kappa shape index (κ2) is 8.09. The molecule has 1 unspecified atom stereocenters. The second-order valence-electron chi connectivity index (χ2n) is 5.50. The van der Waals surface area contributed by atoms with Gasteiger partial charge in [-0.25, -0.2) is 4.98 Å². The van der Waals surface area contributed by atoms with E-state index in [0.717, 1.165) is 15.9 Å². The number of nitrogens with one attached hydrogen (secondary N) is 1. The molecule has 3 nitrogen and oxygen atoms in total. The lowest BCUT2D eigenvalue weighted by molar-refractivity contribution is -0.115. The van der Waals surface area contributed by atoms with Crippen molar-refractivity contribution >= 4 is 57.5 Å². The molecule has 3 rings (SSSR count). The van der Waals surface area contributed by atoms with Crippen LogP contribution in [0.25, 0.3) is 10.9 Å². The number of rotatable bonds is 5. The van der Waals surface area contributed by atoms with Gasteiger partial charge in [-0.05, 0) is 36.8 Å². The lowest BCUT2D eigenvalue weighted by Crippen LogP contribution is -2.24. The molecule has 1 N–H and O–H groups in total. The number of nitrogens with zero attached hydrogens (tertiary/aromatic N) is 1. The predicted octanol–water partition coefficient (Wildman–Crippen LogP) is 6.05. The summed E-state index contributed by atoms with van der Waals surface area (Å²) in [5.41, 5.74) is 1.51. The molecule has 1 heterocycles. The first-order chi connectivity index (χ1) is 12.0. The number of carbonyl (C=O) groups is 1. The second-order valence-corrected chi connectivity index (χ2v) is 7.60. The van der Waals surface area contributed by atoms with Gasteiger partial charge in [0, 0.05) is 21.1 Å². The van der Waals surface area contributed by atoms with Gasteiger partial charge in [0.25, 0.3) is 0 Å². The Bertz CT molecular complexity index is 897. The summed E-state index contributed by atoms with van der Waals surface area (Å²) in [6.07, 6.45) is 0.680. The van der Waals surface area contributed by atoms with Crippen molar-refractivity contribution in [1.82, 2.24) is 4.98 Å². The summed E-state index contributed by atoms with van der Waals surface area (Å²) in [6, 6.07) is 16.9. The number of anilines is 1. The largest absolute Gasteiger partial charge is 0.325 e. The Morgan fingerprint density at radius 2 is 1.84 bits per heavy atom. The summed E-state index contributed by atoms with van der Waals surface area (Å²) in [5, 5.41) is 5.49. The summed E-state index contributed by atoms with van der Waals surface area (Å²) >= 11 is 13.4. The summed E-state index contributed by atoms with van der Waals surface area (Å²) in [6.45, 7) is 1.98. The molecule has 3 aromatic rings. The van der Waals surface area contributed by atoms with E-state index < -0.39 is 0 Å². The number of para-hydroxylation sites is 1. The highest BCUT2D eigenvalue weighted by Crippen LogP contribution is 2.28. The first-order valence-corrected chi connectivity index (χ1v) is 9.48. The van der Waals surface area contributed by atoms with Crippen molar-refractivity contribution in [3.05, 3.63) is 64.6 Å². The van der Waals surface area contributed by atoms with E-state index >= 15 is 0 Å². The lowest BCUT2D eigenvalue weighted by atomic mass is 10.2. The molecule has 0 aliphatic heterocycles. The topological polar surface area (TPSA) is 42.0 Å². The van der Waals surface area contributed by atoms with Crippen LogP contribution in [0.2, 0.25) is 10.0 Å². The number of halogens is 2. The number of pyridine rings is 1. The smallest absolute Gasteiger partial charge is 0.237 e. The van der Waals surface area contributed by atoms with Crippen molar-refractivity contribution in [1.29, 1.82) is 0 Å². The summed E-state index contributed by atoms with van der Waals surface area (Å²) < 4.78 is 0. The highest BCUT2D eigenvalue weighted by molar-refractivity contribution is 8.00. The number of benzene rings is 2. The standard InChI is InChI=1S/C19H16Cl2N2OS/c1-2-17(19(24)22-15-10-13(20)9-14(21)11-15)25-18-8-7-12-5-3-4-6-16(12)23-18/h3-11,17H,2H2,1H3,(H,22,24). The van der Waals surface area contributed by atoms with E-state index in [-0.39, 0.29) is 11.2 Å². The Balaban J connectivity index is 1.75. The highest BCUT2D eigenvalue weighted by Gasteiger charge is 2.19. The molecule has 1 amide bonds. The molecular weight excluding hydrogens is 375 g/mol. The normalized spacial score (nSPS) is 12.1. The van der Waals surface area contributed by atoms with E-state index in [1.54, 1.807) is 18.2 Å². The molecule has 25 heavy (non-hydrogen) atoms. The number of hydrogen-bond donors (Lipinski definition) is 1. The molecule has 0 bridgehead atoms. The van der Waals surface area contributed by atoms with Crippen LogP contribution in [0.1, 0.15) is 13.3 Å². The van der Waals surface area contributed by atoms with Crippen LogP contribution in [0, 0.1) is 0 Å². The van der Waals surface area contributed by atoms with Crippen molar-refractivity contribution in [2.24, 2.45) is 0 Å². The molecule has 0 aliphatic carbocycles. The maximum atomic E-state index is 12.6. The van der Waals surface area contributed by atoms with E-state index in [1.807, 2.05) is 43.3 Å². The van der Waals surface area contributed by atoms with Crippen molar-refractivity contribution in [2.45, 2.75) is 23.6 Å². The number of carbonyl (C=O) groups excluding carboxylic acids is 1. The van der Waals surface area contributed by atoms with E-state index in [0.29, 0.717) is 22.2 Å². The van der Waals surface area contributed by atoms with E-state index in [9.17, 15) is 4.79 Å². The van der Waals surface area contributed by atoms with Gasteiger partial charge in [0.1, 0.15) is 0 Å². The number of aromatic nitrogens is 1. The van der Waals surface area contributed by atoms with Gasteiger partial charge in [-0.15, -0.1) is 0 Å². The van der Waals surface area contributed by atoms with Crippen LogP contribution in [-0.4, -0.2) is 16.1 Å². The lowest BCUT2D eigenvalue weighted by Gasteiger charge is -2.15. The summed E-state index contributed by atoms with van der Waals surface area (Å²) in [4.78, 5) is 17.2. The van der Waals surface area contributed by atoms with Crippen LogP contribution in [0.5, 0.6) is 0 Å². The number of thioether (sulfide) groups is 1. The molecule has 6 heteroatoms. The monoisotopic (exact) mass is 390 g/mol. The average molecular weight is 391 g/mol. The molecule has 0 radical (unpaired) electrons. The molecule has 0 saturated heterocycles. The summed E-state index contributed by atoms with van der Waals surface area (Å²) in [7, 11) is 0. The van der Waals surface area contributed by atoms with E-state index in [1.165, 1.54) is 11.8 Å². The van der Waals surface area contributed by atoms with Gasteiger partial charge in [0.2, 0.25) is 5.91 Å². The van der Waals surface area contributed by atoms with E-state index in [4.69, 9.17) is 23.2 Å². The molecular formula is C19H16Cl2N2OS. The molecule has 1 atom stereocenters. The third-order valence-corrected chi connectivity index (χ3v) is 5.37. The number of fused-ring (bicyclic) bond motifs is 1. The fourth-order valence-corrected chi connectivity index (χ4v) is 3.88. The third-order valence-electron chi connectivity index (χ3n) is 3.63. The van der Waals surface area contributed by atoms with Crippen LogP contribution in [-0.2, 0) is 4.79 Å². The van der Waals surface area contributed by atoms with Crippen LogP contribution in [0.3, 0.4) is 0 Å². The molecule has 128 valence electrons. The first-order valence-electron chi connectivity index (χ1n) is 7.84. The Hall–Kier alpha value is -1.75. The quantitative estimate of drug-likeness (QED) is 0.538. The van der Waals surface area contributed by atoms with Gasteiger partial charge >= 0.3 is 0 Å². The van der Waals surface area contributed by atoms with Crippen LogP contribution >= 0.6 is 35.0 Å². The minimum Gasteiger partial charge on any atom is -0.325 e. The van der Waals surface area contributed by atoms with Gasteiger partial charge in [0.15, 0.2) is 0 Å². The Morgan fingerprint density at radius 1 is 1.12 bits per heavy atom. The Labute approximate surface area is 160 Å². The van der Waals surface area contributed by atoms with Gasteiger partial charge < -0.3 is 5.32 Å². The van der Waals surface area contributed by atoms with Crippen molar-refractivity contribution in [2.75, 3.05) is 5.32 Å². The minimum absolute atomic E-state index is 0.0965. The Kier molecular flexibility index (Phi) is 5.84.